The molecule has 1 unspecified atom stereocenters. The van der Waals surface area contributed by atoms with E-state index in [9.17, 15) is 9.50 Å². The Kier molecular flexibility index (Phi) is 5.03. The Hall–Kier alpha value is -1.75. The summed E-state index contributed by atoms with van der Waals surface area (Å²) in [7, 11) is 0. The minimum atomic E-state index is -0.933. The number of aliphatic hydroxyl groups is 1. The molecule has 2 rings (SSSR count). The van der Waals surface area contributed by atoms with Crippen molar-refractivity contribution in [1.29, 1.82) is 0 Å². The molecule has 0 radical (unpaired) electrons. The third kappa shape index (κ3) is 4.13. The van der Waals surface area contributed by atoms with Gasteiger partial charge in [-0.25, -0.2) is 4.39 Å². The maximum Gasteiger partial charge on any atom is 0.129 e. The van der Waals surface area contributed by atoms with Gasteiger partial charge in [0, 0.05) is 5.56 Å². The van der Waals surface area contributed by atoms with Crippen molar-refractivity contribution in [2.45, 2.75) is 12.7 Å². The first-order valence-electron chi connectivity index (χ1n) is 6.08. The van der Waals surface area contributed by atoms with Crippen molar-refractivity contribution in [3.8, 4) is 0 Å². The van der Waals surface area contributed by atoms with Crippen LogP contribution in [0.1, 0.15) is 17.2 Å². The molecule has 0 saturated heterocycles. The Morgan fingerprint density at radius 1 is 1.05 bits per heavy atom. The smallest absolute Gasteiger partial charge is 0.129 e. The van der Waals surface area contributed by atoms with E-state index in [0.29, 0.717) is 6.61 Å². The van der Waals surface area contributed by atoms with Gasteiger partial charge in [0.15, 0.2) is 0 Å². The molecule has 0 amide bonds. The van der Waals surface area contributed by atoms with Crippen molar-refractivity contribution >= 4 is 0 Å². The minimum absolute atomic E-state index is 0.133. The van der Waals surface area contributed by atoms with Crippen LogP contribution in [0.5, 0.6) is 0 Å². The van der Waals surface area contributed by atoms with Crippen molar-refractivity contribution < 1.29 is 14.3 Å². The van der Waals surface area contributed by atoms with Gasteiger partial charge in [-0.05, 0) is 11.6 Å². The van der Waals surface area contributed by atoms with Crippen molar-refractivity contribution in [1.82, 2.24) is 5.48 Å². The number of benzene rings is 2. The Balaban J connectivity index is 1.76. The van der Waals surface area contributed by atoms with Crippen LogP contribution in [0.15, 0.2) is 54.6 Å². The second-order valence-corrected chi connectivity index (χ2v) is 4.16. The lowest BCUT2D eigenvalue weighted by atomic mass is 10.1. The summed E-state index contributed by atoms with van der Waals surface area (Å²) in [6, 6.07) is 15.8. The van der Waals surface area contributed by atoms with Crippen molar-refractivity contribution in [3.63, 3.8) is 0 Å². The number of aliphatic hydroxyl groups excluding tert-OH is 1. The number of nitrogens with one attached hydrogen (secondary N) is 1. The van der Waals surface area contributed by atoms with Crippen LogP contribution in [0.4, 0.5) is 4.39 Å². The zero-order valence-corrected chi connectivity index (χ0v) is 10.4. The molecule has 1 atom stereocenters. The molecule has 2 aromatic rings. The Morgan fingerprint density at radius 2 is 1.74 bits per heavy atom. The third-order valence-corrected chi connectivity index (χ3v) is 2.72. The van der Waals surface area contributed by atoms with Gasteiger partial charge in [0.1, 0.15) is 5.82 Å². The highest BCUT2D eigenvalue weighted by Gasteiger charge is 2.11. The fourth-order valence-corrected chi connectivity index (χ4v) is 1.70. The number of halogens is 1. The predicted molar refractivity (Wildman–Crippen MR) is 70.6 cm³/mol. The molecule has 0 spiro atoms. The van der Waals surface area contributed by atoms with E-state index < -0.39 is 11.9 Å². The molecule has 4 heteroatoms. The summed E-state index contributed by atoms with van der Waals surface area (Å²) in [6.07, 6.45) is -0.933. The van der Waals surface area contributed by atoms with Gasteiger partial charge in [0.25, 0.3) is 0 Å². The van der Waals surface area contributed by atoms with Crippen molar-refractivity contribution in [2.24, 2.45) is 0 Å². The highest BCUT2D eigenvalue weighted by molar-refractivity contribution is 5.19. The number of hydroxylamine groups is 1. The fourth-order valence-electron chi connectivity index (χ4n) is 1.70. The average molecular weight is 261 g/mol. The molecular weight excluding hydrogens is 245 g/mol. The van der Waals surface area contributed by atoms with Gasteiger partial charge in [-0.15, -0.1) is 0 Å². The van der Waals surface area contributed by atoms with Crippen LogP contribution in [0.3, 0.4) is 0 Å². The second-order valence-electron chi connectivity index (χ2n) is 4.16. The molecule has 2 aromatic carbocycles. The van der Waals surface area contributed by atoms with E-state index in [2.05, 4.69) is 5.48 Å². The lowest BCUT2D eigenvalue weighted by molar-refractivity contribution is 0.00211. The number of hydrogen-bond donors (Lipinski definition) is 2. The van der Waals surface area contributed by atoms with E-state index >= 15 is 0 Å². The van der Waals surface area contributed by atoms with E-state index in [0.717, 1.165) is 5.56 Å². The number of rotatable bonds is 6. The van der Waals surface area contributed by atoms with E-state index in [-0.39, 0.29) is 12.1 Å². The topological polar surface area (TPSA) is 41.5 Å². The van der Waals surface area contributed by atoms with Gasteiger partial charge in [0.2, 0.25) is 0 Å². The Morgan fingerprint density at radius 3 is 2.47 bits per heavy atom. The van der Waals surface area contributed by atoms with E-state index in [1.165, 1.54) is 6.07 Å². The molecule has 3 nitrogen and oxygen atoms in total. The number of hydrogen-bond acceptors (Lipinski definition) is 3. The molecule has 0 saturated carbocycles. The summed E-state index contributed by atoms with van der Waals surface area (Å²) in [5.74, 6) is -0.417. The third-order valence-electron chi connectivity index (χ3n) is 2.72. The molecule has 0 heterocycles. The molecule has 0 aliphatic rings. The van der Waals surface area contributed by atoms with E-state index in [1.807, 2.05) is 30.3 Å². The van der Waals surface area contributed by atoms with Gasteiger partial charge < -0.3 is 5.11 Å². The van der Waals surface area contributed by atoms with E-state index in [1.54, 1.807) is 18.2 Å². The van der Waals surface area contributed by atoms with Crippen LogP contribution >= 0.6 is 0 Å². The molecule has 100 valence electrons. The maximum absolute atomic E-state index is 13.4. The average Bonchev–Trinajstić information content (AvgIpc) is 2.45. The molecule has 19 heavy (non-hydrogen) atoms. The zero-order chi connectivity index (χ0) is 13.5. The summed E-state index contributed by atoms with van der Waals surface area (Å²) < 4.78 is 13.4. The van der Waals surface area contributed by atoms with Crippen LogP contribution in [0.25, 0.3) is 0 Å². The highest BCUT2D eigenvalue weighted by Crippen LogP contribution is 2.15. The molecule has 0 bridgehead atoms. The molecular formula is C15H16FNO2. The van der Waals surface area contributed by atoms with Crippen LogP contribution in [-0.4, -0.2) is 11.7 Å². The highest BCUT2D eigenvalue weighted by atomic mass is 19.1. The first-order valence-corrected chi connectivity index (χ1v) is 6.08. The summed E-state index contributed by atoms with van der Waals surface area (Å²) in [4.78, 5) is 5.22. The van der Waals surface area contributed by atoms with Crippen molar-refractivity contribution in [2.75, 3.05) is 6.54 Å². The van der Waals surface area contributed by atoms with Crippen LogP contribution in [0, 0.1) is 5.82 Å². The Labute approximate surface area is 111 Å². The summed E-state index contributed by atoms with van der Waals surface area (Å²) in [5, 5.41) is 9.82. The SMILES string of the molecule is OC(CNOCc1ccccc1)c1ccccc1F. The van der Waals surface area contributed by atoms with Gasteiger partial charge in [-0.2, -0.15) is 5.48 Å². The normalized spacial score (nSPS) is 12.3. The quantitative estimate of drug-likeness (QED) is 0.620. The fraction of sp³-hybridized carbons (Fsp3) is 0.200. The van der Waals surface area contributed by atoms with E-state index in [4.69, 9.17) is 4.84 Å². The second kappa shape index (κ2) is 6.99. The largest absolute Gasteiger partial charge is 0.387 e. The van der Waals surface area contributed by atoms with Crippen molar-refractivity contribution in [3.05, 3.63) is 71.5 Å². The lowest BCUT2D eigenvalue weighted by Gasteiger charge is -2.13. The lowest BCUT2D eigenvalue weighted by Crippen LogP contribution is -2.22. The Bertz CT molecular complexity index is 505. The molecule has 2 N–H and O–H groups in total. The first-order chi connectivity index (χ1) is 9.27. The first kappa shape index (κ1) is 13.7. The van der Waals surface area contributed by atoms with Gasteiger partial charge in [-0.3, -0.25) is 4.84 Å². The predicted octanol–water partition coefficient (Wildman–Crippen LogP) is 2.58. The summed E-state index contributed by atoms with van der Waals surface area (Å²) in [6.45, 7) is 0.526. The molecule has 0 aromatic heterocycles. The van der Waals surface area contributed by atoms with Crippen LogP contribution in [0.2, 0.25) is 0 Å². The molecule has 0 aliphatic heterocycles. The monoisotopic (exact) mass is 261 g/mol. The standard InChI is InChI=1S/C15H16FNO2/c16-14-9-5-4-8-13(14)15(18)10-17-19-11-12-6-2-1-3-7-12/h1-9,15,17-18H,10-11H2. The van der Waals surface area contributed by atoms with Crippen LogP contribution < -0.4 is 5.48 Å². The molecule has 0 aliphatic carbocycles. The minimum Gasteiger partial charge on any atom is -0.387 e. The van der Waals surface area contributed by atoms with Gasteiger partial charge in [-0.1, -0.05) is 48.5 Å². The van der Waals surface area contributed by atoms with Gasteiger partial charge >= 0.3 is 0 Å². The zero-order valence-electron chi connectivity index (χ0n) is 10.4. The maximum atomic E-state index is 13.4. The van der Waals surface area contributed by atoms with Crippen LogP contribution in [-0.2, 0) is 11.4 Å². The molecule has 0 fully saturated rings. The summed E-state index contributed by atoms with van der Waals surface area (Å²) >= 11 is 0. The van der Waals surface area contributed by atoms with Gasteiger partial charge in [0.05, 0.1) is 19.3 Å². The summed E-state index contributed by atoms with van der Waals surface area (Å²) in [5.41, 5.74) is 3.93.